The van der Waals surface area contributed by atoms with E-state index in [1.54, 1.807) is 0 Å². The van der Waals surface area contributed by atoms with Gasteiger partial charge in [-0.05, 0) is 12.8 Å². The Labute approximate surface area is 145 Å². The Morgan fingerprint density at radius 2 is 1.05 bits per heavy atom. The lowest BCUT2D eigenvalue weighted by Crippen LogP contribution is -2.50. The summed E-state index contributed by atoms with van der Waals surface area (Å²) in [4.78, 5) is 0. The molecule has 0 amide bonds. The monoisotopic (exact) mass is 328 g/mol. The van der Waals surface area contributed by atoms with Gasteiger partial charge in [0.25, 0.3) is 0 Å². The third-order valence-electron chi connectivity index (χ3n) is 5.35. The van der Waals surface area contributed by atoms with E-state index >= 15 is 0 Å². The molecule has 1 fully saturated rings. The fourth-order valence-corrected chi connectivity index (χ4v) is 4.86. The second-order valence-electron chi connectivity index (χ2n) is 7.65. The van der Waals surface area contributed by atoms with E-state index in [9.17, 15) is 0 Å². The molecule has 2 heteroatoms. The van der Waals surface area contributed by atoms with Crippen LogP contribution in [-0.4, -0.2) is 42.7 Å². The fourth-order valence-electron chi connectivity index (χ4n) is 3.52. The molecule has 1 nitrogen and oxygen atoms in total. The molecule has 0 aromatic carbocycles. The van der Waals surface area contributed by atoms with Gasteiger partial charge in [-0.2, -0.15) is 11.8 Å². The first-order valence-electron chi connectivity index (χ1n) is 10.2. The predicted octanol–water partition coefficient (Wildman–Crippen LogP) is 6.27. The largest absolute Gasteiger partial charge is 0.325 e. The highest BCUT2D eigenvalue weighted by Gasteiger charge is 2.23. The standard InChI is InChI=1S/C20H42NS/c1-3-4-5-6-7-8-9-10-11-12-13-14-15-16-21(2)17-19-22-20-18-21/h3-20H2,1-2H3/q+1. The van der Waals surface area contributed by atoms with Gasteiger partial charge in [0, 0.05) is 11.5 Å². The number of unbranched alkanes of at least 4 members (excludes halogenated alkanes) is 12. The van der Waals surface area contributed by atoms with Crippen LogP contribution in [0, 0.1) is 0 Å². The maximum absolute atomic E-state index is 2.47. The highest BCUT2D eigenvalue weighted by atomic mass is 32.2. The minimum absolute atomic E-state index is 1.35. The molecule has 0 aromatic heterocycles. The molecule has 0 bridgehead atoms. The lowest BCUT2D eigenvalue weighted by Gasteiger charge is -2.37. The molecule has 0 unspecified atom stereocenters. The molecule has 0 saturated carbocycles. The molecule has 132 valence electrons. The van der Waals surface area contributed by atoms with Crippen molar-refractivity contribution in [1.82, 2.24) is 0 Å². The van der Waals surface area contributed by atoms with Gasteiger partial charge in [-0.15, -0.1) is 0 Å². The SMILES string of the molecule is CCCCCCCCCCCCCCC[N+]1(C)CCSCC1. The first kappa shape index (κ1) is 20.4. The Balaban J connectivity index is 1.76. The summed E-state index contributed by atoms with van der Waals surface area (Å²) < 4.78 is 1.35. The summed E-state index contributed by atoms with van der Waals surface area (Å²) in [5.74, 6) is 2.77. The Bertz CT molecular complexity index is 236. The van der Waals surface area contributed by atoms with Crippen molar-refractivity contribution >= 4 is 11.8 Å². The first-order valence-corrected chi connectivity index (χ1v) is 11.3. The maximum atomic E-state index is 2.47. The minimum Gasteiger partial charge on any atom is -0.325 e. The van der Waals surface area contributed by atoms with Crippen LogP contribution < -0.4 is 0 Å². The van der Waals surface area contributed by atoms with Crippen molar-refractivity contribution in [2.75, 3.05) is 38.2 Å². The van der Waals surface area contributed by atoms with E-state index in [-0.39, 0.29) is 0 Å². The van der Waals surface area contributed by atoms with Crippen LogP contribution in [0.2, 0.25) is 0 Å². The number of nitrogens with zero attached hydrogens (tertiary/aromatic N) is 1. The van der Waals surface area contributed by atoms with E-state index in [4.69, 9.17) is 0 Å². The van der Waals surface area contributed by atoms with Gasteiger partial charge in [-0.3, -0.25) is 0 Å². The zero-order valence-electron chi connectivity index (χ0n) is 15.6. The molecule has 0 atom stereocenters. The first-order chi connectivity index (χ1) is 10.8. The number of rotatable bonds is 14. The van der Waals surface area contributed by atoms with Crippen LogP contribution in [0.25, 0.3) is 0 Å². The second kappa shape index (κ2) is 13.7. The van der Waals surface area contributed by atoms with Gasteiger partial charge in [0.1, 0.15) is 0 Å². The smallest absolute Gasteiger partial charge is 0.0876 e. The molecule has 0 N–H and O–H groups in total. The average Bonchev–Trinajstić information content (AvgIpc) is 2.52. The molecule has 0 radical (unpaired) electrons. The molecular formula is C20H42NS+. The van der Waals surface area contributed by atoms with Gasteiger partial charge in [0.15, 0.2) is 0 Å². The van der Waals surface area contributed by atoms with Crippen molar-refractivity contribution in [2.45, 2.75) is 90.4 Å². The van der Waals surface area contributed by atoms with Gasteiger partial charge in [-0.1, -0.05) is 77.6 Å². The third-order valence-corrected chi connectivity index (χ3v) is 6.29. The lowest BCUT2D eigenvalue weighted by atomic mass is 10.0. The summed E-state index contributed by atoms with van der Waals surface area (Å²) >= 11 is 2.14. The van der Waals surface area contributed by atoms with E-state index in [0.29, 0.717) is 0 Å². The van der Waals surface area contributed by atoms with Crippen molar-refractivity contribution in [3.8, 4) is 0 Å². The Kier molecular flexibility index (Phi) is 12.7. The summed E-state index contributed by atoms with van der Waals surface area (Å²) in [6, 6.07) is 0. The quantitative estimate of drug-likeness (QED) is 0.267. The topological polar surface area (TPSA) is 0 Å². The molecular weight excluding hydrogens is 286 g/mol. The van der Waals surface area contributed by atoms with Gasteiger partial charge in [-0.25, -0.2) is 0 Å². The Morgan fingerprint density at radius 3 is 1.50 bits per heavy atom. The van der Waals surface area contributed by atoms with Crippen molar-refractivity contribution in [3.63, 3.8) is 0 Å². The number of quaternary nitrogens is 1. The molecule has 0 aliphatic carbocycles. The van der Waals surface area contributed by atoms with Gasteiger partial charge < -0.3 is 4.48 Å². The third kappa shape index (κ3) is 10.9. The zero-order chi connectivity index (χ0) is 15.9. The second-order valence-corrected chi connectivity index (χ2v) is 8.87. The normalized spacial score (nSPS) is 17.7. The van der Waals surface area contributed by atoms with Crippen molar-refractivity contribution < 1.29 is 4.48 Å². The predicted molar refractivity (Wildman–Crippen MR) is 104 cm³/mol. The molecule has 1 aliphatic heterocycles. The molecule has 1 rings (SSSR count). The molecule has 1 saturated heterocycles. The van der Waals surface area contributed by atoms with Crippen molar-refractivity contribution in [1.29, 1.82) is 0 Å². The van der Waals surface area contributed by atoms with E-state index in [0.717, 1.165) is 0 Å². The Hall–Kier alpha value is 0.310. The summed E-state index contributed by atoms with van der Waals surface area (Å²) in [7, 11) is 2.47. The summed E-state index contributed by atoms with van der Waals surface area (Å²) in [5, 5.41) is 0. The number of thioether (sulfide) groups is 1. The van der Waals surface area contributed by atoms with Crippen molar-refractivity contribution in [3.05, 3.63) is 0 Å². The number of hydrogen-bond acceptors (Lipinski definition) is 1. The van der Waals surface area contributed by atoms with E-state index in [1.165, 1.54) is 119 Å². The molecule has 22 heavy (non-hydrogen) atoms. The average molecular weight is 329 g/mol. The maximum Gasteiger partial charge on any atom is 0.0876 e. The van der Waals surface area contributed by atoms with E-state index in [1.807, 2.05) is 0 Å². The summed E-state index contributed by atoms with van der Waals surface area (Å²) in [6.07, 6.45) is 19.1. The lowest BCUT2D eigenvalue weighted by molar-refractivity contribution is -0.906. The highest BCUT2D eigenvalue weighted by Crippen LogP contribution is 2.18. The van der Waals surface area contributed by atoms with Crippen LogP contribution in [0.15, 0.2) is 0 Å². The molecule has 0 spiro atoms. The van der Waals surface area contributed by atoms with Gasteiger partial charge in [0.2, 0.25) is 0 Å². The van der Waals surface area contributed by atoms with Gasteiger partial charge >= 0.3 is 0 Å². The van der Waals surface area contributed by atoms with Crippen LogP contribution in [0.1, 0.15) is 90.4 Å². The molecule has 1 heterocycles. The van der Waals surface area contributed by atoms with Crippen molar-refractivity contribution in [2.24, 2.45) is 0 Å². The van der Waals surface area contributed by atoms with Crippen LogP contribution in [0.5, 0.6) is 0 Å². The molecule has 0 aromatic rings. The molecule has 1 aliphatic rings. The highest BCUT2D eigenvalue weighted by molar-refractivity contribution is 7.99. The van der Waals surface area contributed by atoms with Crippen LogP contribution >= 0.6 is 11.8 Å². The summed E-state index contributed by atoms with van der Waals surface area (Å²) in [6.45, 7) is 6.54. The minimum atomic E-state index is 1.35. The van der Waals surface area contributed by atoms with Crippen LogP contribution in [-0.2, 0) is 0 Å². The fraction of sp³-hybridized carbons (Fsp3) is 1.00. The van der Waals surface area contributed by atoms with Gasteiger partial charge in [0.05, 0.1) is 26.7 Å². The number of hydrogen-bond donors (Lipinski definition) is 0. The van der Waals surface area contributed by atoms with Crippen LogP contribution in [0.4, 0.5) is 0 Å². The van der Waals surface area contributed by atoms with Crippen LogP contribution in [0.3, 0.4) is 0 Å². The summed E-state index contributed by atoms with van der Waals surface area (Å²) in [5.41, 5.74) is 0. The van der Waals surface area contributed by atoms with E-state index in [2.05, 4.69) is 25.7 Å². The van der Waals surface area contributed by atoms with E-state index < -0.39 is 0 Å². The Morgan fingerprint density at radius 1 is 0.636 bits per heavy atom. The zero-order valence-corrected chi connectivity index (χ0v) is 16.4.